The molecule has 0 bridgehead atoms. The molecule has 0 spiro atoms. The van der Waals surface area contributed by atoms with Crippen LogP contribution in [0.3, 0.4) is 0 Å². The number of carbonyl (C=O) groups is 1. The molecular weight excluding hydrogens is 302 g/mol. The molecular formula is C18H19N5O. The lowest BCUT2D eigenvalue weighted by atomic mass is 10.0. The molecule has 0 saturated carbocycles. The van der Waals surface area contributed by atoms with Crippen LogP contribution in [-0.2, 0) is 17.6 Å². The van der Waals surface area contributed by atoms with Crippen LogP contribution in [0, 0.1) is 11.3 Å². The first kappa shape index (κ1) is 17.2. The maximum absolute atomic E-state index is 12.4. The minimum absolute atomic E-state index is 0.0459. The summed E-state index contributed by atoms with van der Waals surface area (Å²) < 4.78 is 0. The predicted octanol–water partition coefficient (Wildman–Crippen LogP) is 3.06. The zero-order valence-corrected chi connectivity index (χ0v) is 13.7. The van der Waals surface area contributed by atoms with Gasteiger partial charge in [0.25, 0.3) is 5.91 Å². The molecule has 0 fully saturated rings. The van der Waals surface area contributed by atoms with E-state index in [2.05, 4.69) is 20.6 Å². The van der Waals surface area contributed by atoms with Crippen molar-refractivity contribution in [2.45, 2.75) is 26.7 Å². The van der Waals surface area contributed by atoms with Crippen molar-refractivity contribution < 1.29 is 4.79 Å². The molecule has 1 heterocycles. The first-order valence-electron chi connectivity index (χ1n) is 7.75. The molecule has 0 aliphatic heterocycles. The van der Waals surface area contributed by atoms with E-state index < -0.39 is 5.91 Å². The Bertz CT molecular complexity index is 755. The van der Waals surface area contributed by atoms with Crippen molar-refractivity contribution in [3.05, 3.63) is 59.6 Å². The molecule has 24 heavy (non-hydrogen) atoms. The molecule has 2 N–H and O–H groups in total. The van der Waals surface area contributed by atoms with Crippen LogP contribution >= 0.6 is 0 Å². The van der Waals surface area contributed by atoms with Gasteiger partial charge in [0.1, 0.15) is 11.6 Å². The van der Waals surface area contributed by atoms with Crippen LogP contribution in [0.15, 0.2) is 48.4 Å². The van der Waals surface area contributed by atoms with Crippen LogP contribution in [0.4, 0.5) is 11.6 Å². The van der Waals surface area contributed by atoms with Gasteiger partial charge < -0.3 is 10.6 Å². The fourth-order valence-corrected chi connectivity index (χ4v) is 2.24. The van der Waals surface area contributed by atoms with Crippen molar-refractivity contribution in [2.75, 3.05) is 10.6 Å². The Labute approximate surface area is 141 Å². The third-order valence-electron chi connectivity index (χ3n) is 3.51. The van der Waals surface area contributed by atoms with Gasteiger partial charge >= 0.3 is 0 Å². The Morgan fingerprint density at radius 3 is 2.33 bits per heavy atom. The number of hydrogen-bond acceptors (Lipinski definition) is 5. The zero-order chi connectivity index (χ0) is 17.4. The molecule has 0 radical (unpaired) electrons. The summed E-state index contributed by atoms with van der Waals surface area (Å²) in [6.07, 6.45) is 6.04. The number of para-hydroxylation sites is 1. The second kappa shape index (κ2) is 8.44. The Balaban J connectivity index is 2.20. The molecule has 0 saturated heterocycles. The quantitative estimate of drug-likeness (QED) is 0.630. The van der Waals surface area contributed by atoms with Crippen LogP contribution in [-0.4, -0.2) is 15.9 Å². The molecule has 0 aliphatic carbocycles. The maximum Gasteiger partial charge on any atom is 0.267 e. The summed E-state index contributed by atoms with van der Waals surface area (Å²) in [6.45, 7) is 4.06. The number of nitriles is 1. The Morgan fingerprint density at radius 2 is 1.79 bits per heavy atom. The Kier molecular flexibility index (Phi) is 6.03. The van der Waals surface area contributed by atoms with E-state index in [0.29, 0.717) is 5.95 Å². The highest BCUT2D eigenvalue weighted by molar-refractivity contribution is 6.07. The van der Waals surface area contributed by atoms with Gasteiger partial charge in [0.2, 0.25) is 5.95 Å². The summed E-state index contributed by atoms with van der Waals surface area (Å²) in [6, 6.07) is 9.50. The molecule has 6 heteroatoms. The van der Waals surface area contributed by atoms with Gasteiger partial charge in [-0.1, -0.05) is 32.0 Å². The van der Waals surface area contributed by atoms with Crippen molar-refractivity contribution >= 4 is 17.5 Å². The molecule has 2 rings (SSSR count). The SMILES string of the molecule is CCc1cccc(CC)c1NC(=O)/C(C#N)=C\Nc1ncccn1. The summed E-state index contributed by atoms with van der Waals surface area (Å²) >= 11 is 0. The van der Waals surface area contributed by atoms with Crippen LogP contribution in [0.2, 0.25) is 0 Å². The van der Waals surface area contributed by atoms with Gasteiger partial charge in [-0.25, -0.2) is 9.97 Å². The standard InChI is InChI=1S/C18H19N5O/c1-3-13-7-5-8-14(4-2)16(13)23-17(24)15(11-19)12-22-18-20-9-6-10-21-18/h5-10,12H,3-4H2,1-2H3,(H,23,24)(H,20,21,22)/b15-12-. The summed E-state index contributed by atoms with van der Waals surface area (Å²) in [5, 5.41) is 14.9. The molecule has 1 amide bonds. The van der Waals surface area contributed by atoms with Gasteiger partial charge in [0, 0.05) is 24.3 Å². The fraction of sp³-hybridized carbons (Fsp3) is 0.222. The molecule has 6 nitrogen and oxygen atoms in total. The van der Waals surface area contributed by atoms with Crippen molar-refractivity contribution in [1.82, 2.24) is 9.97 Å². The highest BCUT2D eigenvalue weighted by Gasteiger charge is 2.14. The molecule has 0 atom stereocenters. The van der Waals surface area contributed by atoms with E-state index in [4.69, 9.17) is 0 Å². The van der Waals surface area contributed by atoms with Crippen LogP contribution in [0.25, 0.3) is 0 Å². The smallest absolute Gasteiger partial charge is 0.267 e. The first-order valence-corrected chi connectivity index (χ1v) is 7.75. The maximum atomic E-state index is 12.4. The molecule has 0 aliphatic rings. The number of hydrogen-bond donors (Lipinski definition) is 2. The minimum atomic E-state index is -0.462. The predicted molar refractivity (Wildman–Crippen MR) is 93.2 cm³/mol. The summed E-state index contributed by atoms with van der Waals surface area (Å²) in [5.74, 6) is -0.141. The van der Waals surface area contributed by atoms with Gasteiger partial charge in [-0.2, -0.15) is 5.26 Å². The van der Waals surface area contributed by atoms with Crippen molar-refractivity contribution in [3.8, 4) is 6.07 Å². The average Bonchev–Trinajstić information content (AvgIpc) is 2.63. The number of amides is 1. The lowest BCUT2D eigenvalue weighted by Gasteiger charge is -2.14. The number of benzene rings is 1. The topological polar surface area (TPSA) is 90.7 Å². The third kappa shape index (κ3) is 4.17. The second-order valence-electron chi connectivity index (χ2n) is 5.00. The lowest BCUT2D eigenvalue weighted by molar-refractivity contribution is -0.112. The number of rotatable bonds is 6. The van der Waals surface area contributed by atoms with Crippen LogP contribution < -0.4 is 10.6 Å². The minimum Gasteiger partial charge on any atom is -0.329 e. The molecule has 0 unspecified atom stereocenters. The summed E-state index contributed by atoms with van der Waals surface area (Å²) in [4.78, 5) is 20.4. The molecule has 2 aromatic rings. The van der Waals surface area contributed by atoms with E-state index in [9.17, 15) is 10.1 Å². The number of anilines is 2. The van der Waals surface area contributed by atoms with Crippen molar-refractivity contribution in [3.63, 3.8) is 0 Å². The van der Waals surface area contributed by atoms with Gasteiger partial charge in [-0.15, -0.1) is 0 Å². The van der Waals surface area contributed by atoms with Crippen molar-refractivity contribution in [2.24, 2.45) is 0 Å². The highest BCUT2D eigenvalue weighted by atomic mass is 16.1. The number of nitrogens with one attached hydrogen (secondary N) is 2. The number of carbonyl (C=O) groups excluding carboxylic acids is 1. The van der Waals surface area contributed by atoms with Crippen LogP contribution in [0.1, 0.15) is 25.0 Å². The fourth-order valence-electron chi connectivity index (χ4n) is 2.24. The summed E-state index contributed by atoms with van der Waals surface area (Å²) in [7, 11) is 0. The number of nitrogens with zero attached hydrogens (tertiary/aromatic N) is 3. The average molecular weight is 321 g/mol. The van der Waals surface area contributed by atoms with E-state index in [-0.39, 0.29) is 5.57 Å². The molecule has 1 aromatic carbocycles. The van der Waals surface area contributed by atoms with Gasteiger partial charge in [-0.05, 0) is 30.0 Å². The first-order chi connectivity index (χ1) is 11.7. The van der Waals surface area contributed by atoms with Crippen LogP contribution in [0.5, 0.6) is 0 Å². The molecule has 1 aromatic heterocycles. The Morgan fingerprint density at radius 1 is 1.17 bits per heavy atom. The van der Waals surface area contributed by atoms with E-state index in [1.807, 2.05) is 38.1 Å². The third-order valence-corrected chi connectivity index (χ3v) is 3.51. The lowest BCUT2D eigenvalue weighted by Crippen LogP contribution is -2.17. The highest BCUT2D eigenvalue weighted by Crippen LogP contribution is 2.23. The van der Waals surface area contributed by atoms with Gasteiger partial charge in [0.15, 0.2) is 0 Å². The number of aromatic nitrogens is 2. The van der Waals surface area contributed by atoms with E-state index >= 15 is 0 Å². The monoisotopic (exact) mass is 321 g/mol. The number of aryl methyl sites for hydroxylation is 2. The van der Waals surface area contributed by atoms with Crippen molar-refractivity contribution in [1.29, 1.82) is 5.26 Å². The molecule has 122 valence electrons. The second-order valence-corrected chi connectivity index (χ2v) is 5.00. The summed E-state index contributed by atoms with van der Waals surface area (Å²) in [5.41, 5.74) is 2.82. The largest absolute Gasteiger partial charge is 0.329 e. The zero-order valence-electron chi connectivity index (χ0n) is 13.7. The van der Waals surface area contributed by atoms with E-state index in [0.717, 1.165) is 29.7 Å². The van der Waals surface area contributed by atoms with Gasteiger partial charge in [0.05, 0.1) is 0 Å². The van der Waals surface area contributed by atoms with E-state index in [1.54, 1.807) is 18.5 Å². The van der Waals surface area contributed by atoms with Gasteiger partial charge in [-0.3, -0.25) is 4.79 Å². The Hall–Kier alpha value is -3.20. The van der Waals surface area contributed by atoms with E-state index in [1.165, 1.54) is 6.20 Å². The normalized spacial score (nSPS) is 10.8.